The fourth-order valence-electron chi connectivity index (χ4n) is 4.57. The van der Waals surface area contributed by atoms with Crippen LogP contribution in [0.4, 0.5) is 5.69 Å². The summed E-state index contributed by atoms with van der Waals surface area (Å²) in [5.41, 5.74) is 1.57. The van der Waals surface area contributed by atoms with Crippen LogP contribution in [0.3, 0.4) is 0 Å². The molecule has 0 unspecified atom stereocenters. The SMILES string of the molecule is CCS(=O)(=O)Nc1ccc2c(c1)C(=O)N(C)[C@H]1CC[C@@H](CC(=O)NCc3ccc(OC)cc3)O[C@@H]1CO2. The van der Waals surface area contributed by atoms with Crippen molar-refractivity contribution in [3.63, 3.8) is 0 Å². The minimum atomic E-state index is -3.48. The van der Waals surface area contributed by atoms with E-state index in [0.717, 1.165) is 11.3 Å². The van der Waals surface area contributed by atoms with Crippen molar-refractivity contribution in [2.75, 3.05) is 31.2 Å². The van der Waals surface area contributed by atoms with Crippen molar-refractivity contribution in [2.24, 2.45) is 0 Å². The Morgan fingerprint density at radius 3 is 2.62 bits per heavy atom. The fourth-order valence-corrected chi connectivity index (χ4v) is 5.20. The first-order chi connectivity index (χ1) is 17.7. The summed E-state index contributed by atoms with van der Waals surface area (Å²) in [6.07, 6.45) is 0.818. The molecule has 0 aromatic heterocycles. The quantitative estimate of drug-likeness (QED) is 0.537. The molecule has 4 rings (SSSR count). The molecule has 1 fully saturated rings. The number of hydrogen-bond acceptors (Lipinski definition) is 7. The number of likely N-dealkylation sites (N-methyl/N-ethyl adjacent to an activating group) is 1. The monoisotopic (exact) mass is 531 g/mol. The van der Waals surface area contributed by atoms with Gasteiger partial charge in [0.25, 0.3) is 5.91 Å². The van der Waals surface area contributed by atoms with Gasteiger partial charge in [-0.2, -0.15) is 0 Å². The third-order valence-electron chi connectivity index (χ3n) is 6.73. The van der Waals surface area contributed by atoms with Crippen LogP contribution in [0.25, 0.3) is 0 Å². The van der Waals surface area contributed by atoms with Gasteiger partial charge in [-0.05, 0) is 55.7 Å². The Morgan fingerprint density at radius 2 is 1.92 bits per heavy atom. The number of anilines is 1. The largest absolute Gasteiger partial charge is 0.497 e. The number of rotatable bonds is 8. The van der Waals surface area contributed by atoms with Crippen LogP contribution in [0.15, 0.2) is 42.5 Å². The van der Waals surface area contributed by atoms with E-state index in [1.807, 2.05) is 24.3 Å². The number of benzene rings is 2. The Balaban J connectivity index is 1.37. The molecule has 0 spiro atoms. The minimum Gasteiger partial charge on any atom is -0.497 e. The van der Waals surface area contributed by atoms with Gasteiger partial charge in [0, 0.05) is 19.3 Å². The highest BCUT2D eigenvalue weighted by atomic mass is 32.2. The molecule has 2 aliphatic heterocycles. The molecule has 1 saturated heterocycles. The Morgan fingerprint density at radius 1 is 1.16 bits per heavy atom. The molecular formula is C26H33N3O7S. The summed E-state index contributed by atoms with van der Waals surface area (Å²) < 4.78 is 43.7. The number of fused-ring (bicyclic) bond motifs is 2. The number of nitrogens with one attached hydrogen (secondary N) is 2. The zero-order valence-electron chi connectivity index (χ0n) is 21.2. The Kier molecular flexibility index (Phi) is 8.23. The van der Waals surface area contributed by atoms with Crippen LogP contribution in [0.1, 0.15) is 42.1 Å². The van der Waals surface area contributed by atoms with Gasteiger partial charge in [0.2, 0.25) is 15.9 Å². The van der Waals surface area contributed by atoms with Crippen molar-refractivity contribution in [1.82, 2.24) is 10.2 Å². The molecule has 0 radical (unpaired) electrons. The van der Waals surface area contributed by atoms with Crippen molar-refractivity contribution >= 4 is 27.5 Å². The second-order valence-electron chi connectivity index (χ2n) is 9.21. The molecule has 0 aliphatic carbocycles. The Labute approximate surface area is 217 Å². The summed E-state index contributed by atoms with van der Waals surface area (Å²) in [6.45, 7) is 2.16. The lowest BCUT2D eigenvalue weighted by atomic mass is 9.94. The van der Waals surface area contributed by atoms with Gasteiger partial charge in [0.15, 0.2) is 0 Å². The van der Waals surface area contributed by atoms with Crippen LogP contribution in [0, 0.1) is 0 Å². The van der Waals surface area contributed by atoms with Gasteiger partial charge in [-0.3, -0.25) is 14.3 Å². The number of carbonyl (C=O) groups is 2. The first-order valence-corrected chi connectivity index (χ1v) is 13.9. The van der Waals surface area contributed by atoms with Crippen molar-refractivity contribution in [3.8, 4) is 11.5 Å². The highest BCUT2D eigenvalue weighted by molar-refractivity contribution is 7.92. The number of sulfonamides is 1. The van der Waals surface area contributed by atoms with Gasteiger partial charge < -0.3 is 24.4 Å². The summed E-state index contributed by atoms with van der Waals surface area (Å²) in [4.78, 5) is 27.5. The number of carbonyl (C=O) groups excluding carboxylic acids is 2. The van der Waals surface area contributed by atoms with Crippen LogP contribution in [0.2, 0.25) is 0 Å². The maximum Gasteiger partial charge on any atom is 0.257 e. The van der Waals surface area contributed by atoms with E-state index in [2.05, 4.69) is 10.0 Å². The first-order valence-electron chi connectivity index (χ1n) is 12.3. The smallest absolute Gasteiger partial charge is 0.257 e. The molecular weight excluding hydrogens is 498 g/mol. The number of nitrogens with zero attached hydrogens (tertiary/aromatic N) is 1. The van der Waals surface area contributed by atoms with Gasteiger partial charge in [-0.1, -0.05) is 12.1 Å². The topological polar surface area (TPSA) is 123 Å². The lowest BCUT2D eigenvalue weighted by molar-refractivity contribution is -0.134. The van der Waals surface area contributed by atoms with Crippen LogP contribution in [-0.2, 0) is 26.1 Å². The second-order valence-corrected chi connectivity index (χ2v) is 11.2. The predicted octanol–water partition coefficient (Wildman–Crippen LogP) is 2.54. The van der Waals surface area contributed by atoms with E-state index >= 15 is 0 Å². The molecule has 0 bridgehead atoms. The van der Waals surface area contributed by atoms with Crippen LogP contribution in [0.5, 0.6) is 11.5 Å². The fraction of sp³-hybridized carbons (Fsp3) is 0.462. The summed E-state index contributed by atoms with van der Waals surface area (Å²) in [7, 11) is -0.160. The number of amides is 2. The molecule has 37 heavy (non-hydrogen) atoms. The van der Waals surface area contributed by atoms with Gasteiger partial charge in [0.05, 0.1) is 37.0 Å². The summed E-state index contributed by atoms with van der Waals surface area (Å²) in [5.74, 6) is 0.660. The molecule has 2 N–H and O–H groups in total. The van der Waals surface area contributed by atoms with E-state index in [9.17, 15) is 18.0 Å². The molecule has 2 aromatic rings. The lowest BCUT2D eigenvalue weighted by Gasteiger charge is -2.42. The van der Waals surface area contributed by atoms with Crippen LogP contribution < -0.4 is 19.5 Å². The average Bonchev–Trinajstić information content (AvgIpc) is 2.90. The molecule has 2 heterocycles. The van der Waals surface area contributed by atoms with Crippen LogP contribution >= 0.6 is 0 Å². The molecule has 2 amide bonds. The normalized spacial score (nSPS) is 21.5. The highest BCUT2D eigenvalue weighted by Crippen LogP contribution is 2.32. The number of ether oxygens (including phenoxy) is 3. The Bertz CT molecular complexity index is 1230. The molecule has 3 atom stereocenters. The number of hydrogen-bond donors (Lipinski definition) is 2. The zero-order valence-corrected chi connectivity index (χ0v) is 22.0. The molecule has 200 valence electrons. The first kappa shape index (κ1) is 26.7. The molecule has 10 nitrogen and oxygen atoms in total. The molecule has 0 saturated carbocycles. The standard InChI is InChI=1S/C26H33N3O7S/c1-4-37(32,33)28-18-7-12-23-21(13-18)26(31)29(2)22-11-10-20(36-24(22)16-35-23)14-25(30)27-15-17-5-8-19(34-3)9-6-17/h5-9,12-13,20,22,24,28H,4,10-11,14-16H2,1-3H3,(H,27,30)/t20-,22-,24+/m0/s1. The molecule has 2 aliphatic rings. The highest BCUT2D eigenvalue weighted by Gasteiger charge is 2.39. The van der Waals surface area contributed by atoms with Gasteiger partial charge in [0.1, 0.15) is 24.2 Å². The van der Waals surface area contributed by atoms with E-state index in [1.54, 1.807) is 38.1 Å². The van der Waals surface area contributed by atoms with Crippen molar-refractivity contribution in [2.45, 2.75) is 51.0 Å². The van der Waals surface area contributed by atoms with Crippen molar-refractivity contribution in [1.29, 1.82) is 0 Å². The minimum absolute atomic E-state index is 0.0732. The van der Waals surface area contributed by atoms with Gasteiger partial charge >= 0.3 is 0 Å². The number of methoxy groups -OCH3 is 1. The average molecular weight is 532 g/mol. The van der Waals surface area contributed by atoms with E-state index in [4.69, 9.17) is 14.2 Å². The summed E-state index contributed by atoms with van der Waals surface area (Å²) >= 11 is 0. The zero-order chi connectivity index (χ0) is 26.6. The Hall–Kier alpha value is -3.31. The maximum absolute atomic E-state index is 13.3. The third kappa shape index (κ3) is 6.53. The van der Waals surface area contributed by atoms with Crippen LogP contribution in [-0.4, -0.2) is 69.9 Å². The van der Waals surface area contributed by atoms with E-state index < -0.39 is 16.1 Å². The van der Waals surface area contributed by atoms with Crippen molar-refractivity contribution < 1.29 is 32.2 Å². The molecule has 11 heteroatoms. The second kappa shape index (κ2) is 11.4. The molecule has 2 aromatic carbocycles. The summed E-state index contributed by atoms with van der Waals surface area (Å²) in [5, 5.41) is 2.93. The van der Waals surface area contributed by atoms with E-state index in [0.29, 0.717) is 30.8 Å². The maximum atomic E-state index is 13.3. The van der Waals surface area contributed by atoms with E-state index in [1.165, 1.54) is 6.07 Å². The van der Waals surface area contributed by atoms with Crippen molar-refractivity contribution in [3.05, 3.63) is 53.6 Å². The van der Waals surface area contributed by atoms with E-state index in [-0.39, 0.29) is 48.3 Å². The van der Waals surface area contributed by atoms with Gasteiger partial charge in [-0.15, -0.1) is 0 Å². The third-order valence-corrected chi connectivity index (χ3v) is 8.03. The summed E-state index contributed by atoms with van der Waals surface area (Å²) in [6, 6.07) is 11.9. The van der Waals surface area contributed by atoms with Gasteiger partial charge in [-0.25, -0.2) is 8.42 Å². The lowest BCUT2D eigenvalue weighted by Crippen LogP contribution is -2.53. The predicted molar refractivity (Wildman–Crippen MR) is 138 cm³/mol.